The van der Waals surface area contributed by atoms with Crippen LogP contribution in [0.3, 0.4) is 0 Å². The number of nitrogens with one attached hydrogen (secondary N) is 1. The number of hydrogen-bond donors (Lipinski definition) is 1. The molecule has 0 amide bonds. The first-order valence-corrected chi connectivity index (χ1v) is 6.16. The molecule has 1 aliphatic carbocycles. The summed E-state index contributed by atoms with van der Waals surface area (Å²) in [5.41, 5.74) is 4.20. The van der Waals surface area contributed by atoms with Crippen LogP contribution in [-0.4, -0.2) is 13.1 Å². The Labute approximate surface area is 98.6 Å². The van der Waals surface area contributed by atoms with Crippen LogP contribution in [0.15, 0.2) is 29.8 Å². The average molecular weight is 215 g/mol. The van der Waals surface area contributed by atoms with Crippen LogP contribution in [-0.2, 0) is 0 Å². The molecular weight excluding hydrogens is 194 g/mol. The summed E-state index contributed by atoms with van der Waals surface area (Å²) in [5.74, 6) is 0.857. The fourth-order valence-electron chi connectivity index (χ4n) is 1.90. The Kier molecular flexibility index (Phi) is 3.45. The lowest BCUT2D eigenvalue weighted by Crippen LogP contribution is -2.21. The first-order chi connectivity index (χ1) is 7.70. The monoisotopic (exact) mass is 215 g/mol. The highest BCUT2D eigenvalue weighted by Gasteiger charge is 2.22. The largest absolute Gasteiger partial charge is 0.314 e. The summed E-state index contributed by atoms with van der Waals surface area (Å²) in [6.45, 7) is 4.36. The molecule has 0 aliphatic heterocycles. The Hall–Kier alpha value is -1.08. The fourth-order valence-corrected chi connectivity index (χ4v) is 1.90. The lowest BCUT2D eigenvalue weighted by molar-refractivity contribution is 0.696. The van der Waals surface area contributed by atoms with Gasteiger partial charge in [-0.3, -0.25) is 0 Å². The smallest absolute Gasteiger partial charge is 0.0248 e. The Morgan fingerprint density at radius 1 is 1.31 bits per heavy atom. The summed E-state index contributed by atoms with van der Waals surface area (Å²) in [6, 6.07) is 9.48. The van der Waals surface area contributed by atoms with Gasteiger partial charge in [-0.05, 0) is 50.8 Å². The second-order valence-corrected chi connectivity index (χ2v) is 4.84. The van der Waals surface area contributed by atoms with Gasteiger partial charge in [-0.15, -0.1) is 0 Å². The minimum atomic E-state index is 0.447. The van der Waals surface area contributed by atoms with E-state index in [1.807, 2.05) is 7.05 Å². The molecule has 2 rings (SSSR count). The van der Waals surface area contributed by atoms with Gasteiger partial charge < -0.3 is 5.32 Å². The fraction of sp³-hybridized carbons (Fsp3) is 0.467. The van der Waals surface area contributed by atoms with Crippen LogP contribution < -0.4 is 5.32 Å². The van der Waals surface area contributed by atoms with Gasteiger partial charge in [0.2, 0.25) is 0 Å². The molecule has 0 bridgehead atoms. The molecule has 0 spiro atoms. The van der Waals surface area contributed by atoms with E-state index in [0.717, 1.165) is 5.92 Å². The van der Waals surface area contributed by atoms with Gasteiger partial charge in [0.15, 0.2) is 0 Å². The van der Waals surface area contributed by atoms with Crippen LogP contribution in [0.2, 0.25) is 0 Å². The van der Waals surface area contributed by atoms with Crippen LogP contribution in [0.25, 0.3) is 6.08 Å². The molecule has 1 aromatic rings. The van der Waals surface area contributed by atoms with Gasteiger partial charge in [-0.1, -0.05) is 35.9 Å². The first-order valence-electron chi connectivity index (χ1n) is 6.16. The maximum Gasteiger partial charge on any atom is 0.0248 e. The summed E-state index contributed by atoms with van der Waals surface area (Å²) < 4.78 is 0. The standard InChI is InChI=1S/C15H21N/c1-11(12(2)16-3)10-13-4-6-14(7-5-13)15-8-9-15/h4-7,10,12,15-16H,8-9H2,1-3H3/b11-10+. The van der Waals surface area contributed by atoms with E-state index in [2.05, 4.69) is 49.5 Å². The average Bonchev–Trinajstić information content (AvgIpc) is 3.13. The van der Waals surface area contributed by atoms with Crippen molar-refractivity contribution in [1.82, 2.24) is 5.32 Å². The van der Waals surface area contributed by atoms with E-state index in [1.165, 1.54) is 29.5 Å². The number of hydrogen-bond acceptors (Lipinski definition) is 1. The zero-order valence-corrected chi connectivity index (χ0v) is 10.5. The molecule has 0 radical (unpaired) electrons. The van der Waals surface area contributed by atoms with Crippen molar-refractivity contribution in [2.24, 2.45) is 0 Å². The van der Waals surface area contributed by atoms with E-state index in [9.17, 15) is 0 Å². The van der Waals surface area contributed by atoms with E-state index in [4.69, 9.17) is 0 Å². The van der Waals surface area contributed by atoms with Crippen LogP contribution in [0.5, 0.6) is 0 Å². The van der Waals surface area contributed by atoms with Crippen LogP contribution in [0.4, 0.5) is 0 Å². The highest BCUT2D eigenvalue weighted by molar-refractivity contribution is 5.54. The molecule has 1 heteroatoms. The van der Waals surface area contributed by atoms with Crippen molar-refractivity contribution in [2.45, 2.75) is 38.6 Å². The Balaban J connectivity index is 2.09. The van der Waals surface area contributed by atoms with Crippen LogP contribution in [0, 0.1) is 0 Å². The lowest BCUT2D eigenvalue weighted by atomic mass is 10.0. The summed E-state index contributed by atoms with van der Waals surface area (Å²) >= 11 is 0. The van der Waals surface area contributed by atoms with Crippen molar-refractivity contribution in [1.29, 1.82) is 0 Å². The Morgan fingerprint density at radius 2 is 1.94 bits per heavy atom. The van der Waals surface area contributed by atoms with Gasteiger partial charge in [-0.25, -0.2) is 0 Å². The predicted molar refractivity (Wildman–Crippen MR) is 70.6 cm³/mol. The minimum absolute atomic E-state index is 0.447. The van der Waals surface area contributed by atoms with E-state index in [1.54, 1.807) is 0 Å². The number of benzene rings is 1. The van der Waals surface area contributed by atoms with E-state index >= 15 is 0 Å². The van der Waals surface area contributed by atoms with Gasteiger partial charge in [0.25, 0.3) is 0 Å². The highest BCUT2D eigenvalue weighted by atomic mass is 14.8. The van der Waals surface area contributed by atoms with E-state index in [0.29, 0.717) is 6.04 Å². The second kappa shape index (κ2) is 4.84. The molecule has 86 valence electrons. The Morgan fingerprint density at radius 3 is 2.44 bits per heavy atom. The number of likely N-dealkylation sites (N-methyl/N-ethyl adjacent to an activating group) is 1. The van der Waals surface area contributed by atoms with Crippen LogP contribution >= 0.6 is 0 Å². The summed E-state index contributed by atoms with van der Waals surface area (Å²) in [7, 11) is 2.00. The van der Waals surface area contributed by atoms with Crippen molar-refractivity contribution in [3.63, 3.8) is 0 Å². The molecule has 1 nitrogen and oxygen atoms in total. The van der Waals surface area contributed by atoms with Crippen molar-refractivity contribution in [3.8, 4) is 0 Å². The molecule has 1 aliphatic rings. The summed E-state index contributed by atoms with van der Waals surface area (Å²) in [6.07, 6.45) is 5.02. The van der Waals surface area contributed by atoms with Crippen LogP contribution in [0.1, 0.15) is 43.7 Å². The molecule has 1 aromatic carbocycles. The molecule has 1 unspecified atom stereocenters. The molecular formula is C15H21N. The molecule has 1 N–H and O–H groups in total. The highest BCUT2D eigenvalue weighted by Crippen LogP contribution is 2.39. The molecule has 1 saturated carbocycles. The third-order valence-electron chi connectivity index (χ3n) is 3.50. The summed E-state index contributed by atoms with van der Waals surface area (Å²) in [5, 5.41) is 3.26. The van der Waals surface area contributed by atoms with Gasteiger partial charge in [0.1, 0.15) is 0 Å². The van der Waals surface area contributed by atoms with Crippen molar-refractivity contribution in [2.75, 3.05) is 7.05 Å². The van der Waals surface area contributed by atoms with Crippen molar-refractivity contribution < 1.29 is 0 Å². The summed E-state index contributed by atoms with van der Waals surface area (Å²) in [4.78, 5) is 0. The molecule has 0 aromatic heterocycles. The van der Waals surface area contributed by atoms with Crippen molar-refractivity contribution in [3.05, 3.63) is 41.0 Å². The normalized spacial score (nSPS) is 18.6. The van der Waals surface area contributed by atoms with E-state index in [-0.39, 0.29) is 0 Å². The molecule has 0 heterocycles. The molecule has 1 fully saturated rings. The van der Waals surface area contributed by atoms with Crippen molar-refractivity contribution >= 4 is 6.08 Å². The molecule has 16 heavy (non-hydrogen) atoms. The van der Waals surface area contributed by atoms with Gasteiger partial charge in [-0.2, -0.15) is 0 Å². The zero-order valence-electron chi connectivity index (χ0n) is 10.5. The lowest BCUT2D eigenvalue weighted by Gasteiger charge is -2.10. The first kappa shape index (κ1) is 11.4. The topological polar surface area (TPSA) is 12.0 Å². The maximum absolute atomic E-state index is 3.26. The molecule has 0 saturated heterocycles. The third-order valence-corrected chi connectivity index (χ3v) is 3.50. The minimum Gasteiger partial charge on any atom is -0.314 e. The van der Waals surface area contributed by atoms with Gasteiger partial charge in [0, 0.05) is 6.04 Å². The zero-order chi connectivity index (χ0) is 11.5. The maximum atomic E-state index is 3.26. The quantitative estimate of drug-likeness (QED) is 0.809. The second-order valence-electron chi connectivity index (χ2n) is 4.84. The third kappa shape index (κ3) is 2.73. The van der Waals surface area contributed by atoms with Gasteiger partial charge >= 0.3 is 0 Å². The Bertz CT molecular complexity index is 371. The predicted octanol–water partition coefficient (Wildman–Crippen LogP) is 3.58. The molecule has 1 atom stereocenters. The number of rotatable bonds is 4. The van der Waals surface area contributed by atoms with E-state index < -0.39 is 0 Å². The van der Waals surface area contributed by atoms with Gasteiger partial charge in [0.05, 0.1) is 0 Å². The SMILES string of the molecule is CNC(C)/C(C)=C/c1ccc(C2CC2)cc1.